The number of amides is 2. The van der Waals surface area contributed by atoms with E-state index in [2.05, 4.69) is 5.43 Å². The van der Waals surface area contributed by atoms with Gasteiger partial charge in [0.05, 0.1) is 13.2 Å². The van der Waals surface area contributed by atoms with Crippen molar-refractivity contribution in [2.75, 3.05) is 33.9 Å². The van der Waals surface area contributed by atoms with Crippen LogP contribution in [0.15, 0.2) is 0 Å². The van der Waals surface area contributed by atoms with Crippen molar-refractivity contribution < 1.29 is 19.4 Å². The van der Waals surface area contributed by atoms with E-state index in [9.17, 15) is 9.59 Å². The molecule has 0 aromatic heterocycles. The SMILES string of the molecule is CN(C)NC(=O)N1CCOCC1C(=O)O. The van der Waals surface area contributed by atoms with E-state index in [0.29, 0.717) is 6.61 Å². The number of carboxylic acid groups (broad SMARTS) is 1. The lowest BCUT2D eigenvalue weighted by Crippen LogP contribution is -2.57. The molecular formula is C8H15N3O4. The Morgan fingerprint density at radius 3 is 2.73 bits per heavy atom. The summed E-state index contributed by atoms with van der Waals surface area (Å²) in [5.41, 5.74) is 2.50. The number of carbonyl (C=O) groups excluding carboxylic acids is 1. The Balaban J connectivity index is 2.63. The summed E-state index contributed by atoms with van der Waals surface area (Å²) in [5, 5.41) is 10.3. The molecule has 1 rings (SSSR count). The molecule has 1 aliphatic rings. The largest absolute Gasteiger partial charge is 0.480 e. The highest BCUT2D eigenvalue weighted by Crippen LogP contribution is 2.07. The zero-order valence-corrected chi connectivity index (χ0v) is 8.77. The molecule has 86 valence electrons. The first kappa shape index (κ1) is 11.7. The maximum Gasteiger partial charge on any atom is 0.332 e. The third kappa shape index (κ3) is 3.07. The van der Waals surface area contributed by atoms with Gasteiger partial charge in [-0.05, 0) is 0 Å². The van der Waals surface area contributed by atoms with E-state index in [1.54, 1.807) is 14.1 Å². The summed E-state index contributed by atoms with van der Waals surface area (Å²) in [6, 6.07) is -1.32. The van der Waals surface area contributed by atoms with Crippen molar-refractivity contribution in [2.45, 2.75) is 6.04 Å². The first-order valence-corrected chi connectivity index (χ1v) is 4.57. The second-order valence-corrected chi connectivity index (χ2v) is 3.43. The average molecular weight is 217 g/mol. The lowest BCUT2D eigenvalue weighted by Gasteiger charge is -2.33. The van der Waals surface area contributed by atoms with Gasteiger partial charge in [-0.1, -0.05) is 0 Å². The van der Waals surface area contributed by atoms with Crippen LogP contribution in [-0.4, -0.2) is 66.9 Å². The fraction of sp³-hybridized carbons (Fsp3) is 0.750. The summed E-state index contributed by atoms with van der Waals surface area (Å²) < 4.78 is 5.01. The smallest absolute Gasteiger partial charge is 0.332 e. The van der Waals surface area contributed by atoms with E-state index in [-0.39, 0.29) is 13.2 Å². The molecule has 0 saturated carbocycles. The van der Waals surface area contributed by atoms with Gasteiger partial charge in [0.25, 0.3) is 0 Å². The molecule has 0 aromatic carbocycles. The fourth-order valence-electron chi connectivity index (χ4n) is 1.31. The minimum absolute atomic E-state index is 0.0379. The van der Waals surface area contributed by atoms with Gasteiger partial charge in [-0.25, -0.2) is 14.6 Å². The topological polar surface area (TPSA) is 82.1 Å². The number of aliphatic carboxylic acids is 1. The molecule has 7 nitrogen and oxygen atoms in total. The van der Waals surface area contributed by atoms with Crippen molar-refractivity contribution in [3.05, 3.63) is 0 Å². The lowest BCUT2D eigenvalue weighted by molar-refractivity contribution is -0.147. The summed E-state index contributed by atoms with van der Waals surface area (Å²) in [7, 11) is 3.32. The van der Waals surface area contributed by atoms with E-state index in [0.717, 1.165) is 0 Å². The van der Waals surface area contributed by atoms with Gasteiger partial charge in [-0.3, -0.25) is 5.43 Å². The summed E-state index contributed by atoms with van der Waals surface area (Å²) in [6.45, 7) is 0.692. The van der Waals surface area contributed by atoms with Crippen LogP contribution in [0.2, 0.25) is 0 Å². The molecule has 1 unspecified atom stereocenters. The molecule has 7 heteroatoms. The first-order chi connectivity index (χ1) is 7.02. The molecule has 1 heterocycles. The quantitative estimate of drug-likeness (QED) is 0.577. The number of nitrogens with zero attached hydrogens (tertiary/aromatic N) is 2. The van der Waals surface area contributed by atoms with E-state index in [4.69, 9.17) is 9.84 Å². The monoisotopic (exact) mass is 217 g/mol. The van der Waals surface area contributed by atoms with Gasteiger partial charge >= 0.3 is 12.0 Å². The molecule has 15 heavy (non-hydrogen) atoms. The van der Waals surface area contributed by atoms with Gasteiger partial charge in [-0.2, -0.15) is 0 Å². The first-order valence-electron chi connectivity index (χ1n) is 4.57. The molecule has 2 amide bonds. The standard InChI is InChI=1S/C8H15N3O4/c1-10(2)9-8(14)11-3-4-15-5-6(11)7(12)13/h6H,3-5H2,1-2H3,(H,9,14)(H,12,13). The van der Waals surface area contributed by atoms with Gasteiger partial charge in [0.15, 0.2) is 6.04 Å². The Morgan fingerprint density at radius 1 is 1.53 bits per heavy atom. The Bertz CT molecular complexity index is 256. The minimum atomic E-state index is -1.05. The minimum Gasteiger partial charge on any atom is -0.480 e. The van der Waals surface area contributed by atoms with Gasteiger partial charge in [-0.15, -0.1) is 0 Å². The molecule has 1 atom stereocenters. The van der Waals surface area contributed by atoms with Crippen LogP contribution in [0.1, 0.15) is 0 Å². The van der Waals surface area contributed by atoms with Crippen LogP contribution in [0.25, 0.3) is 0 Å². The second kappa shape index (κ2) is 4.94. The fourth-order valence-corrected chi connectivity index (χ4v) is 1.31. The number of nitrogens with one attached hydrogen (secondary N) is 1. The van der Waals surface area contributed by atoms with Crippen LogP contribution in [0.5, 0.6) is 0 Å². The third-order valence-corrected chi connectivity index (χ3v) is 1.99. The highest BCUT2D eigenvalue weighted by molar-refractivity contribution is 5.82. The van der Waals surface area contributed by atoms with Crippen LogP contribution in [0.3, 0.4) is 0 Å². The molecule has 1 aliphatic heterocycles. The molecular weight excluding hydrogens is 202 g/mol. The summed E-state index contributed by atoms with van der Waals surface area (Å²) >= 11 is 0. The van der Waals surface area contributed by atoms with Crippen molar-refractivity contribution in [3.63, 3.8) is 0 Å². The number of hydrazine groups is 1. The van der Waals surface area contributed by atoms with Gasteiger partial charge in [0.1, 0.15) is 0 Å². The summed E-state index contributed by atoms with van der Waals surface area (Å²) in [4.78, 5) is 23.7. The van der Waals surface area contributed by atoms with Crippen LogP contribution < -0.4 is 5.43 Å². The normalized spacial score (nSPS) is 21.5. The lowest BCUT2D eigenvalue weighted by atomic mass is 10.2. The molecule has 2 N–H and O–H groups in total. The number of urea groups is 1. The Kier molecular flexibility index (Phi) is 3.87. The number of carboxylic acids is 1. The van der Waals surface area contributed by atoms with Crippen molar-refractivity contribution in [1.82, 2.24) is 15.3 Å². The molecule has 1 fully saturated rings. The average Bonchev–Trinajstić information content (AvgIpc) is 2.16. The van der Waals surface area contributed by atoms with Crippen molar-refractivity contribution in [1.29, 1.82) is 0 Å². The molecule has 1 saturated heterocycles. The molecule has 0 radical (unpaired) electrons. The Morgan fingerprint density at radius 2 is 2.20 bits per heavy atom. The number of hydrogen-bond acceptors (Lipinski definition) is 4. The number of rotatable bonds is 2. The van der Waals surface area contributed by atoms with Crippen molar-refractivity contribution in [2.24, 2.45) is 0 Å². The highest BCUT2D eigenvalue weighted by atomic mass is 16.5. The number of ether oxygens (including phenoxy) is 1. The predicted octanol–water partition coefficient (Wildman–Crippen LogP) is -1.04. The highest BCUT2D eigenvalue weighted by Gasteiger charge is 2.32. The van der Waals surface area contributed by atoms with Gasteiger partial charge < -0.3 is 14.7 Å². The Hall–Kier alpha value is -1.34. The van der Waals surface area contributed by atoms with Crippen molar-refractivity contribution in [3.8, 4) is 0 Å². The number of carbonyl (C=O) groups is 2. The third-order valence-electron chi connectivity index (χ3n) is 1.99. The van der Waals surface area contributed by atoms with Gasteiger partial charge in [0, 0.05) is 20.6 Å². The number of morpholine rings is 1. The van der Waals surface area contributed by atoms with E-state index in [1.165, 1.54) is 9.91 Å². The number of hydrogen-bond donors (Lipinski definition) is 2. The van der Waals surface area contributed by atoms with Crippen LogP contribution in [-0.2, 0) is 9.53 Å². The van der Waals surface area contributed by atoms with E-state index >= 15 is 0 Å². The maximum absolute atomic E-state index is 11.6. The molecule has 0 aliphatic carbocycles. The van der Waals surface area contributed by atoms with Gasteiger partial charge in [0.2, 0.25) is 0 Å². The Labute approximate surface area is 87.6 Å². The predicted molar refractivity (Wildman–Crippen MR) is 51.2 cm³/mol. The van der Waals surface area contributed by atoms with Crippen LogP contribution >= 0.6 is 0 Å². The van der Waals surface area contributed by atoms with Crippen LogP contribution in [0, 0.1) is 0 Å². The second-order valence-electron chi connectivity index (χ2n) is 3.43. The summed E-state index contributed by atoms with van der Waals surface area (Å²) in [5.74, 6) is -1.05. The molecule has 0 spiro atoms. The molecule has 0 bridgehead atoms. The summed E-state index contributed by atoms with van der Waals surface area (Å²) in [6.07, 6.45) is 0. The molecule has 0 aromatic rings. The maximum atomic E-state index is 11.6. The van der Waals surface area contributed by atoms with E-state index < -0.39 is 18.0 Å². The van der Waals surface area contributed by atoms with E-state index in [1.807, 2.05) is 0 Å². The zero-order chi connectivity index (χ0) is 11.4. The van der Waals surface area contributed by atoms with Crippen LogP contribution in [0.4, 0.5) is 4.79 Å². The zero-order valence-electron chi connectivity index (χ0n) is 8.77. The van der Waals surface area contributed by atoms with Crippen molar-refractivity contribution >= 4 is 12.0 Å².